The lowest BCUT2D eigenvalue weighted by Gasteiger charge is -2.25. The number of morpholine rings is 1. The van der Waals surface area contributed by atoms with Gasteiger partial charge in [0.05, 0.1) is 25.2 Å². The van der Waals surface area contributed by atoms with E-state index in [-0.39, 0.29) is 16.7 Å². The minimum absolute atomic E-state index is 0.0341. The van der Waals surface area contributed by atoms with E-state index in [1.807, 2.05) is 13.8 Å². The first-order valence-electron chi connectivity index (χ1n) is 9.48. The standard InChI is InChI=1S/C20H28N2O6S/c1-15(2)14-18(20(24)27-3)21-29(25,26)17-7-4-16(5-8-17)6-9-19(23)22-10-12-28-13-11-22/h4-9,15,18,21H,10-14H2,1-3H3/b9-6+/t18-/m0/s1. The smallest absolute Gasteiger partial charge is 0.323 e. The number of benzene rings is 1. The van der Waals surface area contributed by atoms with Crippen LogP contribution in [0.1, 0.15) is 25.8 Å². The third kappa shape index (κ3) is 6.95. The van der Waals surface area contributed by atoms with Crippen molar-refractivity contribution in [2.24, 2.45) is 5.92 Å². The Bertz CT molecular complexity index is 827. The number of amides is 1. The van der Waals surface area contributed by atoms with Gasteiger partial charge < -0.3 is 14.4 Å². The number of hydrogen-bond donors (Lipinski definition) is 1. The first-order chi connectivity index (χ1) is 13.7. The van der Waals surface area contributed by atoms with E-state index in [1.165, 1.54) is 25.3 Å². The monoisotopic (exact) mass is 424 g/mol. The summed E-state index contributed by atoms with van der Waals surface area (Å²) >= 11 is 0. The maximum atomic E-state index is 12.6. The molecule has 1 aliphatic rings. The zero-order chi connectivity index (χ0) is 21.4. The maximum Gasteiger partial charge on any atom is 0.323 e. The highest BCUT2D eigenvalue weighted by Gasteiger charge is 2.27. The number of esters is 1. The topological polar surface area (TPSA) is 102 Å². The summed E-state index contributed by atoms with van der Waals surface area (Å²) in [6, 6.07) is 5.13. The van der Waals surface area contributed by atoms with E-state index in [1.54, 1.807) is 23.1 Å². The van der Waals surface area contributed by atoms with Crippen LogP contribution in [0.4, 0.5) is 0 Å². The summed E-state index contributed by atoms with van der Waals surface area (Å²) in [5, 5.41) is 0. The molecule has 9 heteroatoms. The number of hydrogen-bond acceptors (Lipinski definition) is 6. The van der Waals surface area contributed by atoms with Gasteiger partial charge in [0.15, 0.2) is 0 Å². The van der Waals surface area contributed by atoms with Gasteiger partial charge >= 0.3 is 5.97 Å². The molecule has 1 atom stereocenters. The second-order valence-electron chi connectivity index (χ2n) is 7.17. The van der Waals surface area contributed by atoms with Crippen LogP contribution in [0, 0.1) is 5.92 Å². The normalized spacial score (nSPS) is 16.2. The van der Waals surface area contributed by atoms with Crippen LogP contribution in [0.25, 0.3) is 6.08 Å². The van der Waals surface area contributed by atoms with Crippen molar-refractivity contribution >= 4 is 28.0 Å². The summed E-state index contributed by atoms with van der Waals surface area (Å²) in [5.41, 5.74) is 0.692. The Kier molecular flexibility index (Phi) is 8.36. The molecule has 1 N–H and O–H groups in total. The molecule has 1 amide bonds. The lowest BCUT2D eigenvalue weighted by atomic mass is 10.1. The highest BCUT2D eigenvalue weighted by atomic mass is 32.2. The number of rotatable bonds is 8. The molecule has 0 aromatic heterocycles. The van der Waals surface area contributed by atoms with Crippen molar-refractivity contribution in [3.8, 4) is 0 Å². The Morgan fingerprint density at radius 3 is 2.38 bits per heavy atom. The zero-order valence-corrected chi connectivity index (χ0v) is 17.8. The van der Waals surface area contributed by atoms with Crippen LogP contribution in [0.3, 0.4) is 0 Å². The molecule has 0 spiro atoms. The fraction of sp³-hybridized carbons (Fsp3) is 0.500. The molecule has 1 aromatic rings. The number of nitrogens with one attached hydrogen (secondary N) is 1. The van der Waals surface area contributed by atoms with Gasteiger partial charge in [0.1, 0.15) is 6.04 Å². The van der Waals surface area contributed by atoms with Crippen LogP contribution >= 0.6 is 0 Å². The predicted molar refractivity (Wildman–Crippen MR) is 108 cm³/mol. The van der Waals surface area contributed by atoms with Crippen LogP contribution in [-0.2, 0) is 29.1 Å². The van der Waals surface area contributed by atoms with Crippen molar-refractivity contribution in [2.45, 2.75) is 31.2 Å². The van der Waals surface area contributed by atoms with E-state index in [0.29, 0.717) is 38.3 Å². The molecule has 0 saturated carbocycles. The Labute approximate surface area is 171 Å². The molecule has 1 saturated heterocycles. The van der Waals surface area contributed by atoms with E-state index in [4.69, 9.17) is 9.47 Å². The Morgan fingerprint density at radius 2 is 1.83 bits per heavy atom. The Hall–Kier alpha value is -2.23. The molecule has 1 heterocycles. The number of nitrogens with zero attached hydrogens (tertiary/aromatic N) is 1. The van der Waals surface area contributed by atoms with Crippen molar-refractivity contribution in [1.82, 2.24) is 9.62 Å². The van der Waals surface area contributed by atoms with E-state index in [0.717, 1.165) is 0 Å². The van der Waals surface area contributed by atoms with Gasteiger partial charge in [0.2, 0.25) is 15.9 Å². The predicted octanol–water partition coefficient (Wildman–Crippen LogP) is 1.42. The van der Waals surface area contributed by atoms with Gasteiger partial charge in [-0.15, -0.1) is 0 Å². The number of ether oxygens (including phenoxy) is 2. The lowest BCUT2D eigenvalue weighted by molar-refractivity contribution is -0.143. The summed E-state index contributed by atoms with van der Waals surface area (Å²) in [6.07, 6.45) is 3.43. The summed E-state index contributed by atoms with van der Waals surface area (Å²) < 4.78 is 37.6. The van der Waals surface area contributed by atoms with Gasteiger partial charge in [-0.1, -0.05) is 26.0 Å². The minimum atomic E-state index is -3.89. The van der Waals surface area contributed by atoms with E-state index in [9.17, 15) is 18.0 Å². The first kappa shape index (κ1) is 23.1. The Balaban J connectivity index is 2.06. The molecule has 2 rings (SSSR count). The summed E-state index contributed by atoms with van der Waals surface area (Å²) in [7, 11) is -2.66. The Morgan fingerprint density at radius 1 is 1.21 bits per heavy atom. The van der Waals surface area contributed by atoms with E-state index in [2.05, 4.69) is 4.72 Å². The van der Waals surface area contributed by atoms with Gasteiger partial charge in [0.25, 0.3) is 0 Å². The molecule has 1 aliphatic heterocycles. The van der Waals surface area contributed by atoms with Crippen LogP contribution in [0.5, 0.6) is 0 Å². The second kappa shape index (κ2) is 10.5. The van der Waals surface area contributed by atoms with E-state index < -0.39 is 22.0 Å². The molecule has 1 aromatic carbocycles. The van der Waals surface area contributed by atoms with Gasteiger partial charge in [-0.05, 0) is 36.1 Å². The molecule has 0 aliphatic carbocycles. The SMILES string of the molecule is COC(=O)[C@H](CC(C)C)NS(=O)(=O)c1ccc(/C=C/C(=O)N2CCOCC2)cc1. The quantitative estimate of drug-likeness (QED) is 0.500. The summed E-state index contributed by atoms with van der Waals surface area (Å²) in [6.45, 7) is 5.96. The highest BCUT2D eigenvalue weighted by Crippen LogP contribution is 2.15. The molecular weight excluding hydrogens is 396 g/mol. The second-order valence-corrected chi connectivity index (χ2v) is 8.88. The summed E-state index contributed by atoms with van der Waals surface area (Å²) in [5.74, 6) is -0.622. The molecule has 160 valence electrons. The molecule has 0 radical (unpaired) electrons. The average Bonchev–Trinajstić information content (AvgIpc) is 2.71. The highest BCUT2D eigenvalue weighted by molar-refractivity contribution is 7.89. The van der Waals surface area contributed by atoms with Gasteiger partial charge in [-0.2, -0.15) is 4.72 Å². The molecular formula is C20H28N2O6S. The summed E-state index contributed by atoms with van der Waals surface area (Å²) in [4.78, 5) is 25.8. The minimum Gasteiger partial charge on any atom is -0.468 e. The van der Waals surface area contributed by atoms with Crippen molar-refractivity contribution in [3.63, 3.8) is 0 Å². The molecule has 1 fully saturated rings. The van der Waals surface area contributed by atoms with Crippen molar-refractivity contribution in [3.05, 3.63) is 35.9 Å². The third-order valence-electron chi connectivity index (χ3n) is 4.42. The fourth-order valence-corrected chi connectivity index (χ4v) is 4.07. The van der Waals surface area contributed by atoms with E-state index >= 15 is 0 Å². The van der Waals surface area contributed by atoms with Crippen LogP contribution < -0.4 is 4.72 Å². The van der Waals surface area contributed by atoms with Crippen LogP contribution in [0.15, 0.2) is 35.2 Å². The average molecular weight is 425 g/mol. The van der Waals surface area contributed by atoms with Crippen LogP contribution in [-0.4, -0.2) is 64.6 Å². The number of methoxy groups -OCH3 is 1. The zero-order valence-electron chi connectivity index (χ0n) is 17.0. The molecule has 29 heavy (non-hydrogen) atoms. The first-order valence-corrected chi connectivity index (χ1v) is 11.0. The van der Waals surface area contributed by atoms with Crippen molar-refractivity contribution < 1.29 is 27.5 Å². The van der Waals surface area contributed by atoms with Crippen molar-refractivity contribution in [1.29, 1.82) is 0 Å². The maximum absolute atomic E-state index is 12.6. The number of carbonyl (C=O) groups excluding carboxylic acids is 2. The van der Waals surface area contributed by atoms with Crippen LogP contribution in [0.2, 0.25) is 0 Å². The lowest BCUT2D eigenvalue weighted by Crippen LogP contribution is -2.42. The van der Waals surface area contributed by atoms with Gasteiger partial charge in [-0.3, -0.25) is 9.59 Å². The van der Waals surface area contributed by atoms with Crippen molar-refractivity contribution in [2.75, 3.05) is 33.4 Å². The van der Waals surface area contributed by atoms with Gasteiger partial charge in [-0.25, -0.2) is 8.42 Å². The largest absolute Gasteiger partial charge is 0.468 e. The third-order valence-corrected chi connectivity index (χ3v) is 5.91. The number of sulfonamides is 1. The number of carbonyl (C=O) groups is 2. The molecule has 0 bridgehead atoms. The fourth-order valence-electron chi connectivity index (χ4n) is 2.88. The molecule has 0 unspecified atom stereocenters. The van der Waals surface area contributed by atoms with Gasteiger partial charge in [0, 0.05) is 19.2 Å². The molecule has 8 nitrogen and oxygen atoms in total.